The first kappa shape index (κ1) is 29.0. The van der Waals surface area contributed by atoms with Crippen LogP contribution in [0.4, 0.5) is 0 Å². The van der Waals surface area contributed by atoms with E-state index in [1.165, 1.54) is 32.6 Å². The molecular weight excluding hydrogens is 508 g/mol. The van der Waals surface area contributed by atoms with Crippen molar-refractivity contribution in [3.63, 3.8) is 0 Å². The molecule has 1 N–H and O–H groups in total. The van der Waals surface area contributed by atoms with Crippen LogP contribution in [0.25, 0.3) is 0 Å². The molecule has 0 aromatic carbocycles. The number of furan rings is 1. The van der Waals surface area contributed by atoms with Gasteiger partial charge in [0, 0.05) is 24.7 Å². The van der Waals surface area contributed by atoms with Gasteiger partial charge in [0.05, 0.1) is 42.6 Å². The lowest BCUT2D eigenvalue weighted by molar-refractivity contribution is -0.255. The number of cyclic esters (lactones) is 1. The van der Waals surface area contributed by atoms with Crippen LogP contribution in [0.15, 0.2) is 23.0 Å². The molecule has 1 aromatic heterocycles. The number of aliphatic hydroxyl groups is 1. The number of hydrogen-bond donors (Lipinski definition) is 1. The Hall–Kier alpha value is -3.01. The van der Waals surface area contributed by atoms with Gasteiger partial charge in [0.25, 0.3) is 0 Å². The fourth-order valence-corrected chi connectivity index (χ4v) is 8.27. The van der Waals surface area contributed by atoms with Crippen molar-refractivity contribution < 1.29 is 47.7 Å². The van der Waals surface area contributed by atoms with Crippen molar-refractivity contribution in [2.75, 3.05) is 7.11 Å². The minimum absolute atomic E-state index is 0.113. The van der Waals surface area contributed by atoms with Gasteiger partial charge in [-0.2, -0.15) is 0 Å². The lowest BCUT2D eigenvalue weighted by Gasteiger charge is -2.67. The molecule has 0 amide bonds. The maximum absolute atomic E-state index is 14.3. The second-order valence-corrected chi connectivity index (χ2v) is 12.5. The Labute approximate surface area is 227 Å². The smallest absolute Gasteiger partial charge is 0.310 e. The number of rotatable bonds is 5. The van der Waals surface area contributed by atoms with Crippen LogP contribution >= 0.6 is 0 Å². The quantitative estimate of drug-likeness (QED) is 0.331. The second kappa shape index (κ2) is 9.28. The van der Waals surface area contributed by atoms with E-state index in [-0.39, 0.29) is 37.0 Å². The standard InChI is InChI=1S/C29H38O10/c1-16(30)38-21-13-22(32)39-25(2,3)19-12-20(31)28(6)18(27(19,21)5)8-10-26(4,24(34)17-9-11-37-15-17)29(28,35)14-23(33)36-7/h9,11,15,18-19,21,35H,8,10,12-14H2,1-7H3/t18?,19?,21-,26-,27+,28-,29+/m0/s1. The second-order valence-electron chi connectivity index (χ2n) is 12.5. The summed E-state index contributed by atoms with van der Waals surface area (Å²) in [5.41, 5.74) is -7.32. The van der Waals surface area contributed by atoms with Gasteiger partial charge in [0.2, 0.25) is 0 Å². The minimum atomic E-state index is -2.18. The predicted molar refractivity (Wildman–Crippen MR) is 135 cm³/mol. The number of carbonyl (C=O) groups is 5. The molecule has 1 aromatic rings. The number of ether oxygens (including phenoxy) is 3. The van der Waals surface area contributed by atoms with Crippen LogP contribution in [0.1, 0.15) is 84.0 Å². The van der Waals surface area contributed by atoms with Gasteiger partial charge in [0.1, 0.15) is 29.4 Å². The highest BCUT2D eigenvalue weighted by atomic mass is 16.6. The van der Waals surface area contributed by atoms with Gasteiger partial charge >= 0.3 is 17.9 Å². The SMILES string of the molecule is COC(=O)C[C@@]1(O)[C@](C)(C(=O)c2ccoc2)CCC2[C@]3(C)C(CC(=O)[C@]21C)C(C)(C)OC(=O)C[C@@H]3OC(C)=O. The topological polar surface area (TPSA) is 146 Å². The van der Waals surface area contributed by atoms with E-state index in [2.05, 4.69) is 0 Å². The molecule has 0 spiro atoms. The molecule has 3 fully saturated rings. The van der Waals surface area contributed by atoms with Crippen LogP contribution in [0.5, 0.6) is 0 Å². The van der Waals surface area contributed by atoms with Crippen molar-refractivity contribution in [2.24, 2.45) is 28.1 Å². The first-order valence-electron chi connectivity index (χ1n) is 13.3. The van der Waals surface area contributed by atoms with Crippen molar-refractivity contribution in [2.45, 2.75) is 91.0 Å². The lowest BCUT2D eigenvalue weighted by Crippen LogP contribution is -2.75. The number of methoxy groups -OCH3 is 1. The van der Waals surface area contributed by atoms with E-state index >= 15 is 0 Å². The third kappa shape index (κ3) is 3.97. The van der Waals surface area contributed by atoms with Crippen molar-refractivity contribution in [1.82, 2.24) is 0 Å². The molecule has 10 nitrogen and oxygen atoms in total. The number of Topliss-reactive ketones (excluding diaryl/α,β-unsaturated/α-hetero) is 2. The van der Waals surface area contributed by atoms with Crippen molar-refractivity contribution >= 4 is 29.5 Å². The van der Waals surface area contributed by atoms with Crippen LogP contribution in [0.3, 0.4) is 0 Å². The zero-order valence-electron chi connectivity index (χ0n) is 23.6. The fraction of sp³-hybridized carbons (Fsp3) is 0.690. The van der Waals surface area contributed by atoms with Gasteiger partial charge in [-0.3, -0.25) is 24.0 Å². The molecule has 10 heteroatoms. The molecule has 0 radical (unpaired) electrons. The van der Waals surface area contributed by atoms with E-state index in [1.54, 1.807) is 27.7 Å². The van der Waals surface area contributed by atoms with Crippen molar-refractivity contribution in [1.29, 1.82) is 0 Å². The first-order chi connectivity index (χ1) is 18.0. The Balaban J connectivity index is 1.97. The molecule has 3 aliphatic rings. The molecule has 2 aliphatic carbocycles. The highest BCUT2D eigenvalue weighted by molar-refractivity contribution is 6.03. The highest BCUT2D eigenvalue weighted by Gasteiger charge is 2.77. The number of carbonyl (C=O) groups excluding carboxylic acids is 5. The van der Waals surface area contributed by atoms with Gasteiger partial charge in [-0.15, -0.1) is 0 Å². The van der Waals surface area contributed by atoms with Gasteiger partial charge in [-0.05, 0) is 52.5 Å². The zero-order chi connectivity index (χ0) is 29.2. The largest absolute Gasteiger partial charge is 0.472 e. The summed E-state index contributed by atoms with van der Waals surface area (Å²) in [6, 6.07) is 1.48. The fourth-order valence-electron chi connectivity index (χ4n) is 8.27. The molecule has 214 valence electrons. The van der Waals surface area contributed by atoms with Crippen LogP contribution in [-0.4, -0.2) is 59.0 Å². The van der Waals surface area contributed by atoms with Crippen molar-refractivity contribution in [3.8, 4) is 0 Å². The molecule has 7 atom stereocenters. The highest BCUT2D eigenvalue weighted by Crippen LogP contribution is 2.70. The molecule has 2 saturated carbocycles. The summed E-state index contributed by atoms with van der Waals surface area (Å²) in [5, 5.41) is 12.7. The van der Waals surface area contributed by atoms with Crippen LogP contribution < -0.4 is 0 Å². The Morgan fingerprint density at radius 1 is 1.08 bits per heavy atom. The Morgan fingerprint density at radius 2 is 1.74 bits per heavy atom. The van der Waals surface area contributed by atoms with Crippen LogP contribution in [0, 0.1) is 28.1 Å². The molecule has 4 rings (SSSR count). The Morgan fingerprint density at radius 3 is 2.31 bits per heavy atom. The number of hydrogen-bond acceptors (Lipinski definition) is 10. The third-order valence-corrected chi connectivity index (χ3v) is 10.4. The predicted octanol–water partition coefficient (Wildman–Crippen LogP) is 3.43. The number of ketones is 2. The summed E-state index contributed by atoms with van der Waals surface area (Å²) < 4.78 is 21.6. The van der Waals surface area contributed by atoms with Gasteiger partial charge < -0.3 is 23.7 Å². The van der Waals surface area contributed by atoms with Gasteiger partial charge in [0.15, 0.2) is 5.78 Å². The lowest BCUT2D eigenvalue weighted by atomic mass is 9.36. The van der Waals surface area contributed by atoms with Crippen LogP contribution in [-0.2, 0) is 33.4 Å². The van der Waals surface area contributed by atoms with Crippen molar-refractivity contribution in [3.05, 3.63) is 24.2 Å². The van der Waals surface area contributed by atoms with Gasteiger partial charge in [-0.1, -0.05) is 6.92 Å². The van der Waals surface area contributed by atoms with E-state index < -0.39 is 75.5 Å². The summed E-state index contributed by atoms with van der Waals surface area (Å²) in [6.45, 7) is 9.74. The first-order valence-corrected chi connectivity index (χ1v) is 13.3. The monoisotopic (exact) mass is 546 g/mol. The summed E-state index contributed by atoms with van der Waals surface area (Å²) in [5.74, 6) is -4.00. The van der Waals surface area contributed by atoms with E-state index in [0.29, 0.717) is 0 Å². The molecule has 1 saturated heterocycles. The number of fused-ring (bicyclic) bond motifs is 3. The normalized spacial score (nSPS) is 39.4. The Bertz CT molecular complexity index is 1200. The molecule has 2 heterocycles. The minimum Gasteiger partial charge on any atom is -0.472 e. The maximum atomic E-state index is 14.3. The summed E-state index contributed by atoms with van der Waals surface area (Å²) in [4.78, 5) is 66.2. The molecule has 0 bridgehead atoms. The average Bonchev–Trinajstić information content (AvgIpc) is 3.36. The van der Waals surface area contributed by atoms with Gasteiger partial charge in [-0.25, -0.2) is 0 Å². The van der Waals surface area contributed by atoms with E-state index in [9.17, 15) is 29.1 Å². The summed E-state index contributed by atoms with van der Waals surface area (Å²) in [7, 11) is 1.18. The molecule has 39 heavy (non-hydrogen) atoms. The molecule has 2 unspecified atom stereocenters. The summed E-state index contributed by atoms with van der Waals surface area (Å²) in [6.07, 6.45) is 1.09. The zero-order valence-corrected chi connectivity index (χ0v) is 23.6. The Kier molecular flexibility index (Phi) is 6.90. The van der Waals surface area contributed by atoms with E-state index in [0.717, 1.165) is 0 Å². The van der Waals surface area contributed by atoms with E-state index in [1.807, 2.05) is 6.92 Å². The average molecular weight is 547 g/mol. The van der Waals surface area contributed by atoms with Crippen LogP contribution in [0.2, 0.25) is 0 Å². The van der Waals surface area contributed by atoms with E-state index in [4.69, 9.17) is 18.6 Å². The molecular formula is C29H38O10. The molecule has 1 aliphatic heterocycles. The maximum Gasteiger partial charge on any atom is 0.310 e. The third-order valence-electron chi connectivity index (χ3n) is 10.4. The number of esters is 3. The summed E-state index contributed by atoms with van der Waals surface area (Å²) >= 11 is 0.